The minimum Gasteiger partial charge on any atom is -0.481 e. The predicted molar refractivity (Wildman–Crippen MR) is 72.0 cm³/mol. The van der Waals surface area contributed by atoms with Gasteiger partial charge in [0.25, 0.3) is 0 Å². The SMILES string of the molecule is CCN(CC)C(CC(=O)O)c1ccc(Br)cc1F. The standard InChI is InChI=1S/C13H17BrFNO2/c1-3-16(4-2)12(8-13(17)18)10-6-5-9(14)7-11(10)15/h5-7,12H,3-4,8H2,1-2H3,(H,17,18). The molecule has 0 fully saturated rings. The number of halogens is 2. The molecule has 0 heterocycles. The number of benzene rings is 1. The molecule has 1 aromatic carbocycles. The van der Waals surface area contributed by atoms with Crippen molar-refractivity contribution in [3.05, 3.63) is 34.1 Å². The van der Waals surface area contributed by atoms with E-state index in [2.05, 4.69) is 15.9 Å². The van der Waals surface area contributed by atoms with E-state index in [0.717, 1.165) is 0 Å². The maximum atomic E-state index is 13.9. The lowest BCUT2D eigenvalue weighted by Gasteiger charge is -2.29. The summed E-state index contributed by atoms with van der Waals surface area (Å²) in [6, 6.07) is 4.32. The van der Waals surface area contributed by atoms with Gasteiger partial charge in [0.15, 0.2) is 0 Å². The summed E-state index contributed by atoms with van der Waals surface area (Å²) in [6.07, 6.45) is -0.0970. The van der Waals surface area contributed by atoms with E-state index in [-0.39, 0.29) is 12.2 Å². The van der Waals surface area contributed by atoms with Crippen molar-refractivity contribution >= 4 is 21.9 Å². The van der Waals surface area contributed by atoms with Crippen LogP contribution in [0, 0.1) is 5.82 Å². The first kappa shape index (κ1) is 15.1. The highest BCUT2D eigenvalue weighted by Crippen LogP contribution is 2.28. The fourth-order valence-electron chi connectivity index (χ4n) is 2.04. The smallest absolute Gasteiger partial charge is 0.305 e. The Labute approximate surface area is 115 Å². The molecule has 1 N–H and O–H groups in total. The summed E-state index contributed by atoms with van der Waals surface area (Å²) in [7, 11) is 0. The zero-order valence-corrected chi connectivity index (χ0v) is 12.1. The number of aliphatic carboxylic acids is 1. The summed E-state index contributed by atoms with van der Waals surface area (Å²) in [5, 5.41) is 8.97. The monoisotopic (exact) mass is 317 g/mol. The maximum absolute atomic E-state index is 13.9. The molecule has 0 aromatic heterocycles. The minimum atomic E-state index is -0.922. The Kier molecular flexibility index (Phi) is 5.75. The predicted octanol–water partition coefficient (Wildman–Crippen LogP) is 3.45. The highest BCUT2D eigenvalue weighted by Gasteiger charge is 2.23. The average molecular weight is 318 g/mol. The van der Waals surface area contributed by atoms with Gasteiger partial charge >= 0.3 is 5.97 Å². The molecule has 1 rings (SSSR count). The van der Waals surface area contributed by atoms with Crippen molar-refractivity contribution in [1.82, 2.24) is 4.90 Å². The first-order valence-corrected chi connectivity index (χ1v) is 6.69. The van der Waals surface area contributed by atoms with Gasteiger partial charge in [-0.25, -0.2) is 4.39 Å². The summed E-state index contributed by atoms with van der Waals surface area (Å²) in [6.45, 7) is 5.25. The molecule has 0 amide bonds. The second-order valence-corrected chi connectivity index (χ2v) is 4.92. The minimum absolute atomic E-state index is 0.0970. The van der Waals surface area contributed by atoms with Gasteiger partial charge in [0, 0.05) is 16.1 Å². The van der Waals surface area contributed by atoms with Crippen molar-refractivity contribution in [1.29, 1.82) is 0 Å². The number of carbonyl (C=O) groups is 1. The van der Waals surface area contributed by atoms with E-state index in [1.54, 1.807) is 12.1 Å². The highest BCUT2D eigenvalue weighted by molar-refractivity contribution is 9.10. The zero-order chi connectivity index (χ0) is 13.7. The Morgan fingerprint density at radius 1 is 1.44 bits per heavy atom. The van der Waals surface area contributed by atoms with Crippen LogP contribution in [0.3, 0.4) is 0 Å². The fourth-order valence-corrected chi connectivity index (χ4v) is 2.37. The average Bonchev–Trinajstić information content (AvgIpc) is 2.29. The molecule has 3 nitrogen and oxygen atoms in total. The van der Waals surface area contributed by atoms with Gasteiger partial charge in [0.1, 0.15) is 5.82 Å². The summed E-state index contributed by atoms with van der Waals surface area (Å²) in [5.41, 5.74) is 0.435. The topological polar surface area (TPSA) is 40.5 Å². The lowest BCUT2D eigenvalue weighted by molar-refractivity contribution is -0.138. The van der Waals surface area contributed by atoms with E-state index >= 15 is 0 Å². The summed E-state index contributed by atoms with van der Waals surface area (Å²) in [4.78, 5) is 12.9. The molecular formula is C13H17BrFNO2. The van der Waals surface area contributed by atoms with Gasteiger partial charge in [0.05, 0.1) is 6.42 Å². The summed E-state index contributed by atoms with van der Waals surface area (Å²) in [5.74, 6) is -1.29. The van der Waals surface area contributed by atoms with Crippen LogP contribution in [0.1, 0.15) is 31.9 Å². The normalized spacial score (nSPS) is 12.7. The molecule has 0 aliphatic heterocycles. The molecule has 0 saturated carbocycles. The number of carboxylic acids is 1. The van der Waals surface area contributed by atoms with Gasteiger partial charge in [-0.15, -0.1) is 0 Å². The Morgan fingerprint density at radius 3 is 2.50 bits per heavy atom. The molecule has 0 radical (unpaired) electrons. The van der Waals surface area contributed by atoms with Crippen LogP contribution >= 0.6 is 15.9 Å². The second-order valence-electron chi connectivity index (χ2n) is 4.00. The largest absolute Gasteiger partial charge is 0.481 e. The van der Waals surface area contributed by atoms with Crippen molar-refractivity contribution in [2.24, 2.45) is 0 Å². The van der Waals surface area contributed by atoms with Crippen LogP contribution in [0.2, 0.25) is 0 Å². The molecule has 100 valence electrons. The highest BCUT2D eigenvalue weighted by atomic mass is 79.9. The van der Waals surface area contributed by atoms with E-state index in [1.807, 2.05) is 18.7 Å². The van der Waals surface area contributed by atoms with Gasteiger partial charge in [-0.05, 0) is 25.2 Å². The van der Waals surface area contributed by atoms with Crippen molar-refractivity contribution in [2.75, 3.05) is 13.1 Å². The summed E-state index contributed by atoms with van der Waals surface area (Å²) < 4.78 is 14.6. The third-order valence-corrected chi connectivity index (χ3v) is 3.44. The molecule has 0 aliphatic carbocycles. The Bertz CT molecular complexity index is 421. The first-order valence-electron chi connectivity index (χ1n) is 5.90. The maximum Gasteiger partial charge on any atom is 0.305 e. The van der Waals surface area contributed by atoms with Crippen LogP contribution in [0.5, 0.6) is 0 Å². The molecule has 0 aliphatic rings. The van der Waals surface area contributed by atoms with Crippen molar-refractivity contribution in [2.45, 2.75) is 26.3 Å². The lowest BCUT2D eigenvalue weighted by Crippen LogP contribution is -2.30. The molecular weight excluding hydrogens is 301 g/mol. The number of hydrogen-bond acceptors (Lipinski definition) is 2. The number of hydrogen-bond donors (Lipinski definition) is 1. The molecule has 0 saturated heterocycles. The number of rotatable bonds is 6. The Hall–Kier alpha value is -0.940. The van der Waals surface area contributed by atoms with Crippen molar-refractivity contribution in [3.63, 3.8) is 0 Å². The van der Waals surface area contributed by atoms with Gasteiger partial charge in [0.2, 0.25) is 0 Å². The quantitative estimate of drug-likeness (QED) is 0.873. The molecule has 5 heteroatoms. The second kappa shape index (κ2) is 6.85. The van der Waals surface area contributed by atoms with Crippen molar-refractivity contribution in [3.8, 4) is 0 Å². The van der Waals surface area contributed by atoms with Crippen LogP contribution in [0.15, 0.2) is 22.7 Å². The van der Waals surface area contributed by atoms with Crippen LogP contribution < -0.4 is 0 Å². The molecule has 0 bridgehead atoms. The summed E-state index contributed by atoms with van der Waals surface area (Å²) >= 11 is 3.20. The van der Waals surface area contributed by atoms with Crippen LogP contribution in [-0.2, 0) is 4.79 Å². The number of nitrogens with zero attached hydrogens (tertiary/aromatic N) is 1. The van der Waals surface area contributed by atoms with Crippen molar-refractivity contribution < 1.29 is 14.3 Å². The van der Waals surface area contributed by atoms with Gasteiger partial charge in [-0.2, -0.15) is 0 Å². The Balaban J connectivity index is 3.11. The first-order chi connectivity index (χ1) is 8.49. The fraction of sp³-hybridized carbons (Fsp3) is 0.462. The molecule has 1 atom stereocenters. The number of carboxylic acid groups (broad SMARTS) is 1. The van der Waals surface area contributed by atoms with Crippen LogP contribution in [0.25, 0.3) is 0 Å². The third kappa shape index (κ3) is 3.78. The molecule has 1 aromatic rings. The van der Waals surface area contributed by atoms with Crippen LogP contribution in [0.4, 0.5) is 4.39 Å². The molecule has 1 unspecified atom stereocenters. The van der Waals surface area contributed by atoms with E-state index in [1.165, 1.54) is 6.07 Å². The van der Waals surface area contributed by atoms with E-state index in [9.17, 15) is 9.18 Å². The van der Waals surface area contributed by atoms with E-state index in [4.69, 9.17) is 5.11 Å². The van der Waals surface area contributed by atoms with E-state index in [0.29, 0.717) is 23.1 Å². The molecule has 0 spiro atoms. The van der Waals surface area contributed by atoms with Gasteiger partial charge in [-0.3, -0.25) is 9.69 Å². The van der Waals surface area contributed by atoms with Gasteiger partial charge < -0.3 is 5.11 Å². The molecule has 18 heavy (non-hydrogen) atoms. The van der Waals surface area contributed by atoms with Gasteiger partial charge in [-0.1, -0.05) is 35.8 Å². The third-order valence-electron chi connectivity index (χ3n) is 2.94. The van der Waals surface area contributed by atoms with E-state index < -0.39 is 12.0 Å². The zero-order valence-electron chi connectivity index (χ0n) is 10.5. The Morgan fingerprint density at radius 2 is 2.06 bits per heavy atom. The van der Waals surface area contributed by atoms with Crippen LogP contribution in [-0.4, -0.2) is 29.1 Å². The lowest BCUT2D eigenvalue weighted by atomic mass is 10.0.